The first-order valence-electron chi connectivity index (χ1n) is 3.50. The first-order valence-corrected chi connectivity index (χ1v) is 5.86. The Kier molecular flexibility index (Phi) is 4.84. The summed E-state index contributed by atoms with van der Waals surface area (Å²) in [6, 6.07) is -1.24. The Morgan fingerprint density at radius 2 is 1.93 bits per heavy atom. The van der Waals surface area contributed by atoms with Gasteiger partial charge in [-0.2, -0.15) is 0 Å². The Balaban J connectivity index is 4.27. The fraction of sp³-hybridized carbons (Fsp3) is 0.800. The van der Waals surface area contributed by atoms with Gasteiger partial charge in [-0.25, -0.2) is 0 Å². The Hall–Kier alpha value is 0.160. The third-order valence-corrected chi connectivity index (χ3v) is 4.27. The monoisotopic (exact) mass is 265 g/mol. The van der Waals surface area contributed by atoms with Crippen LogP contribution in [0.1, 0.15) is 12.8 Å². The minimum atomic E-state index is -4.67. The van der Waals surface area contributed by atoms with Crippen molar-refractivity contribution in [1.29, 1.82) is 0 Å². The SMILES string of the molecule is NC(CCC(Cl)(Cl)P(=O)(O)O)C(=O)O. The lowest BCUT2D eigenvalue weighted by Crippen LogP contribution is -2.31. The summed E-state index contributed by atoms with van der Waals surface area (Å²) in [5.41, 5.74) is 5.10. The highest BCUT2D eigenvalue weighted by Crippen LogP contribution is 2.58. The fourth-order valence-corrected chi connectivity index (χ4v) is 1.24. The van der Waals surface area contributed by atoms with Gasteiger partial charge < -0.3 is 20.6 Å². The van der Waals surface area contributed by atoms with Crippen LogP contribution >= 0.6 is 30.8 Å². The number of hydrogen-bond acceptors (Lipinski definition) is 3. The van der Waals surface area contributed by atoms with Gasteiger partial charge in [0.15, 0.2) is 0 Å². The Morgan fingerprint density at radius 1 is 1.50 bits per heavy atom. The number of halogens is 2. The van der Waals surface area contributed by atoms with E-state index in [0.29, 0.717) is 0 Å². The van der Waals surface area contributed by atoms with Gasteiger partial charge in [-0.3, -0.25) is 9.36 Å². The van der Waals surface area contributed by atoms with Crippen LogP contribution in [0.25, 0.3) is 0 Å². The molecule has 1 unspecified atom stereocenters. The van der Waals surface area contributed by atoms with E-state index in [9.17, 15) is 9.36 Å². The van der Waals surface area contributed by atoms with Crippen molar-refractivity contribution in [2.24, 2.45) is 5.73 Å². The van der Waals surface area contributed by atoms with Crippen LogP contribution < -0.4 is 5.73 Å². The van der Waals surface area contributed by atoms with Crippen LogP contribution in [0.4, 0.5) is 0 Å². The molecule has 0 aromatic carbocycles. The number of carboxylic acids is 1. The van der Waals surface area contributed by atoms with Gasteiger partial charge in [0, 0.05) is 0 Å². The second kappa shape index (κ2) is 4.79. The summed E-state index contributed by atoms with van der Waals surface area (Å²) >= 11 is 10.6. The van der Waals surface area contributed by atoms with Crippen molar-refractivity contribution >= 4 is 36.8 Å². The summed E-state index contributed by atoms with van der Waals surface area (Å²) in [6.45, 7) is 0. The summed E-state index contributed by atoms with van der Waals surface area (Å²) in [5.74, 6) is -1.28. The van der Waals surface area contributed by atoms with Gasteiger partial charge in [0.2, 0.25) is 4.07 Å². The molecule has 5 N–H and O–H groups in total. The first-order chi connectivity index (χ1) is 6.08. The van der Waals surface area contributed by atoms with Gasteiger partial charge >= 0.3 is 13.6 Å². The molecule has 0 aromatic rings. The van der Waals surface area contributed by atoms with E-state index in [-0.39, 0.29) is 6.42 Å². The Labute approximate surface area is 90.2 Å². The van der Waals surface area contributed by atoms with E-state index in [1.54, 1.807) is 0 Å². The highest BCUT2D eigenvalue weighted by molar-refractivity contribution is 7.58. The van der Waals surface area contributed by atoms with Crippen LogP contribution in [0.5, 0.6) is 0 Å². The molecule has 6 nitrogen and oxygen atoms in total. The normalized spacial score (nSPS) is 15.2. The van der Waals surface area contributed by atoms with Crippen molar-refractivity contribution in [3.8, 4) is 0 Å². The average Bonchev–Trinajstić information content (AvgIpc) is 1.97. The second-order valence-electron chi connectivity index (χ2n) is 2.69. The topological polar surface area (TPSA) is 121 Å². The number of carbonyl (C=O) groups is 1. The van der Waals surface area contributed by atoms with Crippen molar-refractivity contribution in [2.45, 2.75) is 23.0 Å². The van der Waals surface area contributed by atoms with Crippen LogP contribution in [-0.4, -0.2) is 31.0 Å². The molecule has 0 fully saturated rings. The molecular weight excluding hydrogens is 256 g/mol. The van der Waals surface area contributed by atoms with Crippen molar-refractivity contribution in [3.63, 3.8) is 0 Å². The van der Waals surface area contributed by atoms with E-state index in [1.807, 2.05) is 0 Å². The molecule has 9 heteroatoms. The summed E-state index contributed by atoms with van der Waals surface area (Å²) in [6.07, 6.45) is -0.610. The maximum atomic E-state index is 10.7. The van der Waals surface area contributed by atoms with E-state index in [0.717, 1.165) is 0 Å². The molecule has 0 rings (SSSR count). The molecule has 0 spiro atoms. The van der Waals surface area contributed by atoms with Crippen LogP contribution in [0.2, 0.25) is 0 Å². The zero-order valence-corrected chi connectivity index (χ0v) is 9.34. The molecule has 0 aliphatic carbocycles. The van der Waals surface area contributed by atoms with E-state index >= 15 is 0 Å². The molecular formula is C5H10Cl2NO5P. The molecule has 1 atom stereocenters. The lowest BCUT2D eigenvalue weighted by atomic mass is 10.2. The quantitative estimate of drug-likeness (QED) is 0.424. The van der Waals surface area contributed by atoms with E-state index < -0.39 is 30.1 Å². The predicted octanol–water partition coefficient (Wildman–Crippen LogP) is 0.488. The molecule has 0 aliphatic rings. The molecule has 84 valence electrons. The maximum Gasteiger partial charge on any atom is 0.361 e. The highest BCUT2D eigenvalue weighted by Gasteiger charge is 2.43. The molecule has 14 heavy (non-hydrogen) atoms. The van der Waals surface area contributed by atoms with Crippen LogP contribution in [0.3, 0.4) is 0 Å². The van der Waals surface area contributed by atoms with E-state index in [4.69, 9.17) is 43.8 Å². The number of hydrogen-bond donors (Lipinski definition) is 4. The Morgan fingerprint density at radius 3 is 2.21 bits per heavy atom. The van der Waals surface area contributed by atoms with Gasteiger partial charge in [0.1, 0.15) is 6.04 Å². The van der Waals surface area contributed by atoms with Crippen LogP contribution in [0.15, 0.2) is 0 Å². The van der Waals surface area contributed by atoms with Crippen LogP contribution in [-0.2, 0) is 9.36 Å². The third-order valence-electron chi connectivity index (χ3n) is 1.50. The lowest BCUT2D eigenvalue weighted by molar-refractivity contribution is -0.138. The molecule has 0 radical (unpaired) electrons. The molecule has 0 bridgehead atoms. The molecule has 0 amide bonds. The van der Waals surface area contributed by atoms with Gasteiger partial charge in [-0.05, 0) is 12.8 Å². The lowest BCUT2D eigenvalue weighted by Gasteiger charge is -2.21. The van der Waals surface area contributed by atoms with E-state index in [2.05, 4.69) is 0 Å². The van der Waals surface area contributed by atoms with Crippen molar-refractivity contribution in [3.05, 3.63) is 0 Å². The number of alkyl halides is 2. The number of rotatable bonds is 5. The van der Waals surface area contributed by atoms with Crippen molar-refractivity contribution in [2.75, 3.05) is 0 Å². The molecule has 0 saturated heterocycles. The maximum absolute atomic E-state index is 10.7. The zero-order valence-electron chi connectivity index (χ0n) is 6.93. The minimum absolute atomic E-state index is 0.215. The standard InChI is InChI=1S/C5H10Cl2NO5P/c6-5(7,14(11,12)13)2-1-3(8)4(9)10/h3H,1-2,8H2,(H,9,10)(H2,11,12,13). The highest BCUT2D eigenvalue weighted by atomic mass is 35.5. The predicted molar refractivity (Wildman–Crippen MR) is 51.3 cm³/mol. The second-order valence-corrected chi connectivity index (χ2v) is 6.56. The zero-order chi connectivity index (χ0) is 11.6. The van der Waals surface area contributed by atoms with Gasteiger partial charge in [-0.15, -0.1) is 0 Å². The number of nitrogens with two attached hydrogens (primary N) is 1. The van der Waals surface area contributed by atoms with Gasteiger partial charge in [0.05, 0.1) is 0 Å². The fourth-order valence-electron chi connectivity index (χ4n) is 0.598. The summed E-state index contributed by atoms with van der Waals surface area (Å²) < 4.78 is 8.40. The van der Waals surface area contributed by atoms with E-state index in [1.165, 1.54) is 0 Å². The molecule has 0 aliphatic heterocycles. The number of aliphatic carboxylic acids is 1. The Bertz CT molecular complexity index is 265. The van der Waals surface area contributed by atoms with Crippen molar-refractivity contribution < 1.29 is 24.3 Å². The molecule has 0 saturated carbocycles. The molecule has 0 aromatic heterocycles. The van der Waals surface area contributed by atoms with Gasteiger partial charge in [0.25, 0.3) is 0 Å². The summed E-state index contributed by atoms with van der Waals surface area (Å²) in [5, 5.41) is 8.38. The largest absolute Gasteiger partial charge is 0.480 e. The summed E-state index contributed by atoms with van der Waals surface area (Å²) in [4.78, 5) is 27.6. The van der Waals surface area contributed by atoms with Crippen molar-refractivity contribution in [1.82, 2.24) is 0 Å². The average molecular weight is 266 g/mol. The van der Waals surface area contributed by atoms with Crippen LogP contribution in [0, 0.1) is 0 Å². The first kappa shape index (κ1) is 14.2. The smallest absolute Gasteiger partial charge is 0.361 e. The van der Waals surface area contributed by atoms with Gasteiger partial charge in [-0.1, -0.05) is 23.2 Å². The number of carboxylic acid groups (broad SMARTS) is 1. The summed E-state index contributed by atoms with van der Waals surface area (Å²) in [7, 11) is -4.67. The third kappa shape index (κ3) is 4.13. The molecule has 0 heterocycles. The minimum Gasteiger partial charge on any atom is -0.480 e.